The van der Waals surface area contributed by atoms with Gasteiger partial charge in [0.25, 0.3) is 5.91 Å². The molecule has 1 aliphatic rings. The molecule has 3 aromatic rings. The van der Waals surface area contributed by atoms with Crippen LogP contribution in [-0.4, -0.2) is 21.8 Å². The van der Waals surface area contributed by atoms with Crippen molar-refractivity contribution in [3.8, 4) is 5.75 Å². The molecule has 5 nitrogen and oxygen atoms in total. The van der Waals surface area contributed by atoms with E-state index in [2.05, 4.69) is 26.3 Å². The van der Waals surface area contributed by atoms with E-state index in [1.165, 1.54) is 0 Å². The third-order valence-electron chi connectivity index (χ3n) is 4.15. The summed E-state index contributed by atoms with van der Waals surface area (Å²) in [5.41, 5.74) is 2.16. The molecular formula is C19H16BrN3O2. The third kappa shape index (κ3) is 3.44. The van der Waals surface area contributed by atoms with Crippen molar-refractivity contribution < 1.29 is 9.53 Å². The van der Waals surface area contributed by atoms with Gasteiger partial charge in [-0.2, -0.15) is 5.10 Å². The van der Waals surface area contributed by atoms with Gasteiger partial charge >= 0.3 is 0 Å². The lowest BCUT2D eigenvalue weighted by Crippen LogP contribution is -2.32. The molecule has 0 radical (unpaired) electrons. The molecule has 1 unspecified atom stereocenters. The van der Waals surface area contributed by atoms with Crippen molar-refractivity contribution in [2.45, 2.75) is 19.1 Å². The summed E-state index contributed by atoms with van der Waals surface area (Å²) >= 11 is 3.43. The van der Waals surface area contributed by atoms with Gasteiger partial charge in [0.05, 0.1) is 12.7 Å². The molecule has 1 atom stereocenters. The second kappa shape index (κ2) is 6.72. The molecule has 25 heavy (non-hydrogen) atoms. The molecule has 2 aromatic carbocycles. The first-order valence-electron chi connectivity index (χ1n) is 8.01. The van der Waals surface area contributed by atoms with E-state index in [1.807, 2.05) is 48.5 Å². The molecule has 0 saturated carbocycles. The predicted octanol–water partition coefficient (Wildman–Crippen LogP) is 3.64. The van der Waals surface area contributed by atoms with Crippen molar-refractivity contribution in [1.82, 2.24) is 9.78 Å². The minimum atomic E-state index is -0.506. The Kier molecular flexibility index (Phi) is 4.28. The van der Waals surface area contributed by atoms with Crippen LogP contribution in [0.15, 0.2) is 65.3 Å². The number of nitrogens with zero attached hydrogens (tertiary/aromatic N) is 2. The average molecular weight is 398 g/mol. The Morgan fingerprint density at radius 3 is 2.80 bits per heavy atom. The van der Waals surface area contributed by atoms with Crippen LogP contribution in [0.25, 0.3) is 0 Å². The highest BCUT2D eigenvalue weighted by Gasteiger charge is 2.29. The van der Waals surface area contributed by atoms with Crippen molar-refractivity contribution in [2.75, 3.05) is 5.32 Å². The third-order valence-corrected chi connectivity index (χ3v) is 4.68. The maximum absolute atomic E-state index is 12.5. The van der Waals surface area contributed by atoms with E-state index in [0.717, 1.165) is 21.3 Å². The highest BCUT2D eigenvalue weighted by molar-refractivity contribution is 9.10. The van der Waals surface area contributed by atoms with Crippen LogP contribution in [0.4, 0.5) is 5.82 Å². The van der Waals surface area contributed by atoms with E-state index in [0.29, 0.717) is 18.8 Å². The minimum absolute atomic E-state index is 0.159. The molecule has 6 heteroatoms. The highest BCUT2D eigenvalue weighted by atomic mass is 79.9. The van der Waals surface area contributed by atoms with E-state index in [1.54, 1.807) is 16.9 Å². The van der Waals surface area contributed by atoms with Gasteiger partial charge in [-0.05, 0) is 29.3 Å². The number of carbonyl (C=O) groups excluding carboxylic acids is 1. The zero-order chi connectivity index (χ0) is 17.2. The number of para-hydroxylation sites is 1. The number of carbonyl (C=O) groups is 1. The number of hydrogen-bond acceptors (Lipinski definition) is 3. The summed E-state index contributed by atoms with van der Waals surface area (Å²) < 4.78 is 8.54. The SMILES string of the molecule is O=C(Nc1ccnn1Cc1ccc(Br)cc1)C1Cc2ccccc2O1. The number of anilines is 1. The number of rotatable bonds is 4. The van der Waals surface area contributed by atoms with Gasteiger partial charge < -0.3 is 10.1 Å². The van der Waals surface area contributed by atoms with E-state index < -0.39 is 6.10 Å². The van der Waals surface area contributed by atoms with Crippen LogP contribution >= 0.6 is 15.9 Å². The Labute approximate surface area is 153 Å². The normalized spacial score (nSPS) is 15.5. The molecule has 1 aliphatic heterocycles. The van der Waals surface area contributed by atoms with Gasteiger partial charge in [-0.1, -0.05) is 46.3 Å². The molecule has 1 aromatic heterocycles. The summed E-state index contributed by atoms with van der Waals surface area (Å²) in [6.45, 7) is 0.585. The fourth-order valence-corrected chi connectivity index (χ4v) is 3.13. The Morgan fingerprint density at radius 2 is 2.00 bits per heavy atom. The monoisotopic (exact) mass is 397 g/mol. The summed E-state index contributed by atoms with van der Waals surface area (Å²) in [5, 5.41) is 7.23. The summed E-state index contributed by atoms with van der Waals surface area (Å²) in [6, 6.07) is 17.5. The summed E-state index contributed by atoms with van der Waals surface area (Å²) in [5.74, 6) is 1.28. The quantitative estimate of drug-likeness (QED) is 0.730. The molecule has 1 N–H and O–H groups in total. The number of amides is 1. The average Bonchev–Trinajstić information content (AvgIpc) is 3.24. The standard InChI is InChI=1S/C19H16BrN3O2/c20-15-7-5-13(6-8-15)12-23-18(9-10-21-23)22-19(24)17-11-14-3-1-2-4-16(14)25-17/h1-10,17H,11-12H2,(H,22,24). The summed E-state index contributed by atoms with van der Waals surface area (Å²) in [4.78, 5) is 12.5. The van der Waals surface area contributed by atoms with Gasteiger partial charge in [0.15, 0.2) is 6.10 Å². The van der Waals surface area contributed by atoms with Gasteiger partial charge in [-0.25, -0.2) is 4.68 Å². The van der Waals surface area contributed by atoms with Gasteiger partial charge in [-0.3, -0.25) is 4.79 Å². The number of nitrogens with one attached hydrogen (secondary N) is 1. The predicted molar refractivity (Wildman–Crippen MR) is 98.7 cm³/mol. The van der Waals surface area contributed by atoms with Crippen molar-refractivity contribution >= 4 is 27.7 Å². The van der Waals surface area contributed by atoms with E-state index >= 15 is 0 Å². The molecule has 4 rings (SSSR count). The molecule has 0 spiro atoms. The number of halogens is 1. The fraction of sp³-hybridized carbons (Fsp3) is 0.158. The van der Waals surface area contributed by atoms with Crippen LogP contribution in [0.3, 0.4) is 0 Å². The lowest BCUT2D eigenvalue weighted by molar-refractivity contribution is -0.122. The number of aromatic nitrogens is 2. The van der Waals surface area contributed by atoms with Crippen LogP contribution in [-0.2, 0) is 17.8 Å². The lowest BCUT2D eigenvalue weighted by atomic mass is 10.1. The second-order valence-electron chi connectivity index (χ2n) is 5.91. The number of ether oxygens (including phenoxy) is 1. The van der Waals surface area contributed by atoms with Crippen molar-refractivity contribution in [3.63, 3.8) is 0 Å². The summed E-state index contributed by atoms with van der Waals surface area (Å²) in [7, 11) is 0. The minimum Gasteiger partial charge on any atom is -0.480 e. The molecule has 126 valence electrons. The second-order valence-corrected chi connectivity index (χ2v) is 6.82. The lowest BCUT2D eigenvalue weighted by Gasteiger charge is -2.13. The van der Waals surface area contributed by atoms with Crippen LogP contribution < -0.4 is 10.1 Å². The van der Waals surface area contributed by atoms with E-state index in [9.17, 15) is 4.79 Å². The highest BCUT2D eigenvalue weighted by Crippen LogP contribution is 2.28. The molecule has 2 heterocycles. The first-order valence-corrected chi connectivity index (χ1v) is 8.80. The smallest absolute Gasteiger partial charge is 0.266 e. The Hall–Kier alpha value is -2.60. The van der Waals surface area contributed by atoms with E-state index in [-0.39, 0.29) is 5.91 Å². The van der Waals surface area contributed by atoms with Gasteiger partial charge in [-0.15, -0.1) is 0 Å². The Balaban J connectivity index is 1.44. The number of fused-ring (bicyclic) bond motifs is 1. The van der Waals surface area contributed by atoms with Gasteiger partial charge in [0, 0.05) is 17.0 Å². The maximum atomic E-state index is 12.5. The Morgan fingerprint density at radius 1 is 1.20 bits per heavy atom. The van der Waals surface area contributed by atoms with Gasteiger partial charge in [0.2, 0.25) is 0 Å². The number of hydrogen-bond donors (Lipinski definition) is 1. The fourth-order valence-electron chi connectivity index (χ4n) is 2.86. The molecule has 1 amide bonds. The molecule has 0 fully saturated rings. The summed E-state index contributed by atoms with van der Waals surface area (Å²) in [6.07, 6.45) is 1.76. The maximum Gasteiger partial charge on any atom is 0.266 e. The molecule has 0 bridgehead atoms. The zero-order valence-electron chi connectivity index (χ0n) is 13.4. The zero-order valence-corrected chi connectivity index (χ0v) is 14.9. The van der Waals surface area contributed by atoms with Crippen molar-refractivity contribution in [1.29, 1.82) is 0 Å². The first kappa shape index (κ1) is 15.9. The van der Waals surface area contributed by atoms with E-state index in [4.69, 9.17) is 4.74 Å². The topological polar surface area (TPSA) is 56.2 Å². The van der Waals surface area contributed by atoms with Crippen LogP contribution in [0.1, 0.15) is 11.1 Å². The van der Waals surface area contributed by atoms with Gasteiger partial charge in [0.1, 0.15) is 11.6 Å². The Bertz CT molecular complexity index is 880. The van der Waals surface area contributed by atoms with Crippen molar-refractivity contribution in [2.24, 2.45) is 0 Å². The first-order chi connectivity index (χ1) is 12.2. The van der Waals surface area contributed by atoms with Crippen LogP contribution in [0, 0.1) is 0 Å². The van der Waals surface area contributed by atoms with Crippen LogP contribution in [0.5, 0.6) is 5.75 Å². The molecular weight excluding hydrogens is 382 g/mol. The largest absolute Gasteiger partial charge is 0.480 e. The van der Waals surface area contributed by atoms with Crippen molar-refractivity contribution in [3.05, 3.63) is 76.4 Å². The van der Waals surface area contributed by atoms with Crippen LogP contribution in [0.2, 0.25) is 0 Å². The number of benzene rings is 2. The molecule has 0 saturated heterocycles. The molecule has 0 aliphatic carbocycles.